The van der Waals surface area contributed by atoms with Crippen molar-refractivity contribution in [1.29, 1.82) is 0 Å². The third-order valence-electron chi connectivity index (χ3n) is 3.90. The minimum Gasteiger partial charge on any atom is -0.497 e. The molecule has 1 aliphatic rings. The van der Waals surface area contributed by atoms with Crippen LogP contribution in [0.4, 0.5) is 0 Å². The second-order valence-electron chi connectivity index (χ2n) is 5.61. The lowest BCUT2D eigenvalue weighted by atomic mass is 10.1. The molecular weight excluding hydrogens is 306 g/mol. The van der Waals surface area contributed by atoms with E-state index in [9.17, 15) is 4.79 Å². The number of amides is 1. The van der Waals surface area contributed by atoms with Gasteiger partial charge in [-0.25, -0.2) is 0 Å². The number of hydrogen-bond donors (Lipinski definition) is 1. The zero-order chi connectivity index (χ0) is 16.8. The van der Waals surface area contributed by atoms with Gasteiger partial charge in [-0.15, -0.1) is 0 Å². The molecule has 0 saturated carbocycles. The smallest absolute Gasteiger partial charge is 0.264 e. The largest absolute Gasteiger partial charge is 0.497 e. The van der Waals surface area contributed by atoms with E-state index in [4.69, 9.17) is 14.2 Å². The molecule has 1 heterocycles. The van der Waals surface area contributed by atoms with E-state index >= 15 is 0 Å². The molecule has 24 heavy (non-hydrogen) atoms. The van der Waals surface area contributed by atoms with Crippen LogP contribution in [0.25, 0.3) is 0 Å². The zero-order valence-electron chi connectivity index (χ0n) is 13.7. The van der Waals surface area contributed by atoms with E-state index in [1.165, 1.54) is 5.56 Å². The van der Waals surface area contributed by atoms with Gasteiger partial charge in [-0.2, -0.15) is 0 Å². The van der Waals surface area contributed by atoms with Gasteiger partial charge >= 0.3 is 0 Å². The minimum absolute atomic E-state index is 0.140. The first kappa shape index (κ1) is 16.2. The molecule has 0 aliphatic carbocycles. The number of benzene rings is 2. The molecule has 0 radical (unpaired) electrons. The Hall–Kier alpha value is -2.69. The van der Waals surface area contributed by atoms with Crippen LogP contribution < -0.4 is 19.5 Å². The Morgan fingerprint density at radius 3 is 2.67 bits per heavy atom. The summed E-state index contributed by atoms with van der Waals surface area (Å²) in [5, 5.41) is 2.91. The predicted molar refractivity (Wildman–Crippen MR) is 90.7 cm³/mol. The van der Waals surface area contributed by atoms with Crippen molar-refractivity contribution in [2.75, 3.05) is 20.3 Å². The number of rotatable bonds is 6. The molecule has 1 N–H and O–H groups in total. The molecule has 2 aromatic rings. The van der Waals surface area contributed by atoms with E-state index in [1.807, 2.05) is 42.5 Å². The number of fused-ring (bicyclic) bond motifs is 1. The van der Waals surface area contributed by atoms with Crippen molar-refractivity contribution >= 4 is 5.91 Å². The van der Waals surface area contributed by atoms with Gasteiger partial charge in [0.2, 0.25) is 6.10 Å². The highest BCUT2D eigenvalue weighted by Gasteiger charge is 2.26. The minimum atomic E-state index is -0.596. The highest BCUT2D eigenvalue weighted by molar-refractivity contribution is 5.81. The van der Waals surface area contributed by atoms with Crippen molar-refractivity contribution in [2.24, 2.45) is 0 Å². The van der Waals surface area contributed by atoms with Crippen LogP contribution in [0.3, 0.4) is 0 Å². The molecule has 0 unspecified atom stereocenters. The molecule has 0 spiro atoms. The fraction of sp³-hybridized carbons (Fsp3) is 0.316. The van der Waals surface area contributed by atoms with Crippen molar-refractivity contribution in [3.8, 4) is 17.2 Å². The molecule has 1 aliphatic heterocycles. The first-order chi connectivity index (χ1) is 11.8. The molecule has 0 fully saturated rings. The van der Waals surface area contributed by atoms with Crippen molar-refractivity contribution in [1.82, 2.24) is 5.32 Å². The fourth-order valence-electron chi connectivity index (χ4n) is 2.56. The van der Waals surface area contributed by atoms with Gasteiger partial charge in [0.1, 0.15) is 12.4 Å². The molecule has 5 nitrogen and oxygen atoms in total. The summed E-state index contributed by atoms with van der Waals surface area (Å²) in [6, 6.07) is 15.3. The monoisotopic (exact) mass is 327 g/mol. The zero-order valence-corrected chi connectivity index (χ0v) is 13.7. The van der Waals surface area contributed by atoms with Gasteiger partial charge in [-0.3, -0.25) is 4.79 Å². The topological polar surface area (TPSA) is 56.8 Å². The van der Waals surface area contributed by atoms with Crippen LogP contribution in [0.15, 0.2) is 48.5 Å². The van der Waals surface area contributed by atoms with Gasteiger partial charge in [-0.05, 0) is 42.7 Å². The molecule has 3 rings (SSSR count). The molecule has 1 amide bonds. The molecule has 2 aromatic carbocycles. The van der Waals surface area contributed by atoms with E-state index in [2.05, 4.69) is 5.32 Å². The number of carbonyl (C=O) groups excluding carboxylic acids is 1. The first-order valence-electron chi connectivity index (χ1n) is 8.05. The Morgan fingerprint density at radius 2 is 1.92 bits per heavy atom. The van der Waals surface area contributed by atoms with Gasteiger partial charge in [0.05, 0.1) is 7.11 Å². The molecular formula is C19H21NO4. The molecule has 1 atom stereocenters. The van der Waals surface area contributed by atoms with Crippen molar-refractivity contribution in [2.45, 2.75) is 18.9 Å². The Kier molecular flexibility index (Phi) is 5.21. The van der Waals surface area contributed by atoms with Crippen molar-refractivity contribution in [3.63, 3.8) is 0 Å². The summed E-state index contributed by atoms with van der Waals surface area (Å²) in [4.78, 5) is 12.2. The van der Waals surface area contributed by atoms with E-state index < -0.39 is 6.10 Å². The number of ether oxygens (including phenoxy) is 3. The number of methoxy groups -OCH3 is 1. The van der Waals surface area contributed by atoms with Crippen LogP contribution in [0.5, 0.6) is 17.2 Å². The number of hydrogen-bond acceptors (Lipinski definition) is 4. The predicted octanol–water partition coefficient (Wildman–Crippen LogP) is 2.58. The fourth-order valence-corrected chi connectivity index (χ4v) is 2.56. The van der Waals surface area contributed by atoms with E-state index in [0.717, 1.165) is 18.6 Å². The summed E-state index contributed by atoms with van der Waals surface area (Å²) in [5.74, 6) is 2.00. The van der Waals surface area contributed by atoms with E-state index in [0.29, 0.717) is 18.0 Å². The van der Waals surface area contributed by atoms with E-state index in [-0.39, 0.29) is 12.5 Å². The Labute approximate surface area is 141 Å². The van der Waals surface area contributed by atoms with Crippen LogP contribution in [-0.4, -0.2) is 32.3 Å². The van der Waals surface area contributed by atoms with Crippen molar-refractivity contribution < 1.29 is 19.0 Å². The molecule has 5 heteroatoms. The maximum atomic E-state index is 12.2. The van der Waals surface area contributed by atoms with Gasteiger partial charge in [0, 0.05) is 6.54 Å². The van der Waals surface area contributed by atoms with Crippen LogP contribution in [0.1, 0.15) is 12.0 Å². The lowest BCUT2D eigenvalue weighted by Gasteiger charge is -2.25. The summed E-state index contributed by atoms with van der Waals surface area (Å²) in [5.41, 5.74) is 1.22. The van der Waals surface area contributed by atoms with Crippen LogP contribution >= 0.6 is 0 Å². The standard InChI is InChI=1S/C19H21NO4/c1-22-15-10-8-14(9-11-15)5-4-12-20-19(21)18-13-23-16-6-2-3-7-17(16)24-18/h2-3,6-11,18H,4-5,12-13H2,1H3,(H,20,21)/t18-/m1/s1. The first-order valence-corrected chi connectivity index (χ1v) is 8.05. The lowest BCUT2D eigenvalue weighted by molar-refractivity contribution is -0.130. The second-order valence-corrected chi connectivity index (χ2v) is 5.61. The van der Waals surface area contributed by atoms with Gasteiger partial charge in [0.25, 0.3) is 5.91 Å². The molecule has 0 saturated heterocycles. The maximum Gasteiger partial charge on any atom is 0.264 e. The Balaban J connectivity index is 1.41. The summed E-state index contributed by atoms with van der Waals surface area (Å²) >= 11 is 0. The second kappa shape index (κ2) is 7.73. The van der Waals surface area contributed by atoms with Crippen LogP contribution in [-0.2, 0) is 11.2 Å². The van der Waals surface area contributed by atoms with Gasteiger partial charge in [0.15, 0.2) is 11.5 Å². The van der Waals surface area contributed by atoms with Crippen molar-refractivity contribution in [3.05, 3.63) is 54.1 Å². The summed E-state index contributed by atoms with van der Waals surface area (Å²) in [6.07, 6.45) is 1.16. The average Bonchev–Trinajstić information content (AvgIpc) is 2.65. The Bertz CT molecular complexity index is 684. The summed E-state index contributed by atoms with van der Waals surface area (Å²) in [7, 11) is 1.65. The number of para-hydroxylation sites is 2. The van der Waals surface area contributed by atoms with E-state index in [1.54, 1.807) is 13.2 Å². The quantitative estimate of drug-likeness (QED) is 0.829. The highest BCUT2D eigenvalue weighted by atomic mass is 16.6. The average molecular weight is 327 g/mol. The Morgan fingerprint density at radius 1 is 1.17 bits per heavy atom. The third kappa shape index (κ3) is 3.98. The molecule has 0 bridgehead atoms. The summed E-state index contributed by atoms with van der Waals surface area (Å²) < 4.78 is 16.4. The third-order valence-corrected chi connectivity index (χ3v) is 3.90. The van der Waals surface area contributed by atoms with Gasteiger partial charge < -0.3 is 19.5 Å². The maximum absolute atomic E-state index is 12.2. The SMILES string of the molecule is COc1ccc(CCCNC(=O)[C@H]2COc3ccccc3O2)cc1. The van der Waals surface area contributed by atoms with Crippen LogP contribution in [0, 0.1) is 0 Å². The highest BCUT2D eigenvalue weighted by Crippen LogP contribution is 2.30. The normalized spacial score (nSPS) is 15.6. The number of aryl methyl sites for hydroxylation is 1. The molecule has 126 valence electrons. The number of nitrogens with one attached hydrogen (secondary N) is 1. The van der Waals surface area contributed by atoms with Crippen LogP contribution in [0.2, 0.25) is 0 Å². The van der Waals surface area contributed by atoms with Gasteiger partial charge in [-0.1, -0.05) is 24.3 Å². The summed E-state index contributed by atoms with van der Waals surface area (Å²) in [6.45, 7) is 0.841. The molecule has 0 aromatic heterocycles. The lowest BCUT2D eigenvalue weighted by Crippen LogP contribution is -2.44. The number of carbonyl (C=O) groups is 1.